The van der Waals surface area contributed by atoms with Gasteiger partial charge in [-0.25, -0.2) is 0 Å². The van der Waals surface area contributed by atoms with Gasteiger partial charge in [-0.1, -0.05) is 47.5 Å². The topological polar surface area (TPSA) is 40.5 Å². The lowest BCUT2D eigenvalue weighted by molar-refractivity contribution is -0.143. The van der Waals surface area contributed by atoms with E-state index in [0.717, 1.165) is 24.9 Å². The summed E-state index contributed by atoms with van der Waals surface area (Å²) in [5, 5.41) is 10.2. The fourth-order valence-electron chi connectivity index (χ4n) is 3.76. The van der Waals surface area contributed by atoms with E-state index in [4.69, 9.17) is 11.6 Å². The second-order valence-corrected chi connectivity index (χ2v) is 7.43. The molecule has 1 fully saturated rings. The molecule has 1 aliphatic rings. The Labute approximate surface area is 154 Å². The zero-order chi connectivity index (χ0) is 18.0. The Morgan fingerprint density at radius 2 is 2.04 bits per heavy atom. The number of carboxylic acids is 1. The van der Waals surface area contributed by atoms with Gasteiger partial charge >= 0.3 is 5.97 Å². The molecule has 0 aliphatic carbocycles. The van der Waals surface area contributed by atoms with Crippen LogP contribution in [0.3, 0.4) is 0 Å². The first kappa shape index (κ1) is 18.0. The van der Waals surface area contributed by atoms with Crippen LogP contribution in [0.4, 0.5) is 0 Å². The molecule has 3 rings (SSSR count). The van der Waals surface area contributed by atoms with Crippen LogP contribution in [0, 0.1) is 19.8 Å². The molecule has 1 saturated heterocycles. The molecule has 0 radical (unpaired) electrons. The maximum absolute atomic E-state index is 11.5. The molecule has 0 amide bonds. The van der Waals surface area contributed by atoms with Gasteiger partial charge in [0.1, 0.15) is 0 Å². The molecule has 1 aliphatic heterocycles. The van der Waals surface area contributed by atoms with Crippen molar-refractivity contribution in [2.75, 3.05) is 13.1 Å². The Hall–Kier alpha value is -1.84. The number of hydrogen-bond donors (Lipinski definition) is 1. The Morgan fingerprint density at radius 3 is 2.76 bits per heavy atom. The fourth-order valence-corrected chi connectivity index (χ4v) is 3.96. The zero-order valence-electron chi connectivity index (χ0n) is 14.7. The number of halogens is 1. The van der Waals surface area contributed by atoms with Gasteiger partial charge in [0.05, 0.1) is 12.0 Å². The summed E-state index contributed by atoms with van der Waals surface area (Å²) >= 11 is 6.25. The SMILES string of the molecule is Cc1ccc(C)c(C(c2cccc(Cl)c2)N2CCCC(C(=O)O)C2)c1. The number of piperidine rings is 1. The minimum absolute atomic E-state index is 0.0285. The van der Waals surface area contributed by atoms with Crippen molar-refractivity contribution in [1.82, 2.24) is 4.90 Å². The van der Waals surface area contributed by atoms with Crippen molar-refractivity contribution >= 4 is 17.6 Å². The molecule has 4 heteroatoms. The Morgan fingerprint density at radius 1 is 1.24 bits per heavy atom. The van der Waals surface area contributed by atoms with E-state index in [9.17, 15) is 9.90 Å². The van der Waals surface area contributed by atoms with Gasteiger partial charge in [-0.15, -0.1) is 0 Å². The third kappa shape index (κ3) is 4.05. The molecule has 25 heavy (non-hydrogen) atoms. The molecule has 2 unspecified atom stereocenters. The average Bonchev–Trinajstić information content (AvgIpc) is 2.58. The van der Waals surface area contributed by atoms with Crippen LogP contribution in [0.25, 0.3) is 0 Å². The summed E-state index contributed by atoms with van der Waals surface area (Å²) in [6, 6.07) is 14.4. The first-order valence-electron chi connectivity index (χ1n) is 8.75. The summed E-state index contributed by atoms with van der Waals surface area (Å²) in [5.41, 5.74) is 4.77. The van der Waals surface area contributed by atoms with E-state index in [0.29, 0.717) is 11.6 Å². The van der Waals surface area contributed by atoms with Gasteiger partial charge in [0.25, 0.3) is 0 Å². The van der Waals surface area contributed by atoms with Crippen LogP contribution in [0.15, 0.2) is 42.5 Å². The van der Waals surface area contributed by atoms with Crippen LogP contribution in [0.1, 0.15) is 41.1 Å². The van der Waals surface area contributed by atoms with Crippen LogP contribution in [0.5, 0.6) is 0 Å². The molecule has 0 bridgehead atoms. The summed E-state index contributed by atoms with van der Waals surface area (Å²) in [5.74, 6) is -1.00. The number of carboxylic acid groups (broad SMARTS) is 1. The van der Waals surface area contributed by atoms with Crippen molar-refractivity contribution in [3.63, 3.8) is 0 Å². The number of likely N-dealkylation sites (tertiary alicyclic amines) is 1. The molecule has 1 N–H and O–H groups in total. The average molecular weight is 358 g/mol. The largest absolute Gasteiger partial charge is 0.481 e. The van der Waals surface area contributed by atoms with E-state index in [-0.39, 0.29) is 12.0 Å². The van der Waals surface area contributed by atoms with E-state index in [1.807, 2.05) is 18.2 Å². The van der Waals surface area contributed by atoms with Crippen LogP contribution in [0.2, 0.25) is 5.02 Å². The van der Waals surface area contributed by atoms with Crippen molar-refractivity contribution in [3.05, 3.63) is 69.7 Å². The summed E-state index contributed by atoms with van der Waals surface area (Å²) < 4.78 is 0. The Balaban J connectivity index is 2.06. The predicted octanol–water partition coefficient (Wildman–Crippen LogP) is 4.84. The number of aryl methyl sites for hydroxylation is 2. The van der Waals surface area contributed by atoms with Crippen LogP contribution >= 0.6 is 11.6 Å². The first-order chi connectivity index (χ1) is 12.0. The molecule has 1 heterocycles. The number of aliphatic carboxylic acids is 1. The maximum Gasteiger partial charge on any atom is 0.307 e. The van der Waals surface area contributed by atoms with Gasteiger partial charge in [-0.05, 0) is 62.1 Å². The molecule has 2 atom stereocenters. The van der Waals surface area contributed by atoms with Crippen molar-refractivity contribution in [2.45, 2.75) is 32.7 Å². The van der Waals surface area contributed by atoms with Crippen LogP contribution in [-0.2, 0) is 4.79 Å². The second kappa shape index (κ2) is 7.59. The highest BCUT2D eigenvalue weighted by atomic mass is 35.5. The van der Waals surface area contributed by atoms with Gasteiger partial charge in [0.2, 0.25) is 0 Å². The first-order valence-corrected chi connectivity index (χ1v) is 9.13. The fraction of sp³-hybridized carbons (Fsp3) is 0.381. The number of rotatable bonds is 4. The minimum atomic E-state index is -0.699. The molecular weight excluding hydrogens is 334 g/mol. The minimum Gasteiger partial charge on any atom is -0.481 e. The lowest BCUT2D eigenvalue weighted by atomic mass is 9.89. The number of benzene rings is 2. The molecule has 2 aromatic carbocycles. The van der Waals surface area contributed by atoms with Crippen molar-refractivity contribution in [3.8, 4) is 0 Å². The number of nitrogens with zero attached hydrogens (tertiary/aromatic N) is 1. The smallest absolute Gasteiger partial charge is 0.307 e. The van der Waals surface area contributed by atoms with Gasteiger partial charge in [0, 0.05) is 11.6 Å². The Bertz CT molecular complexity index is 774. The van der Waals surface area contributed by atoms with E-state index in [1.165, 1.54) is 16.7 Å². The quantitative estimate of drug-likeness (QED) is 0.850. The van der Waals surface area contributed by atoms with E-state index >= 15 is 0 Å². The molecule has 2 aromatic rings. The second-order valence-electron chi connectivity index (χ2n) is 6.99. The van der Waals surface area contributed by atoms with Gasteiger partial charge in [-0.2, -0.15) is 0 Å². The molecule has 0 saturated carbocycles. The highest BCUT2D eigenvalue weighted by molar-refractivity contribution is 6.30. The highest BCUT2D eigenvalue weighted by Crippen LogP contribution is 2.35. The Kier molecular flexibility index (Phi) is 5.45. The molecule has 3 nitrogen and oxygen atoms in total. The number of hydrogen-bond acceptors (Lipinski definition) is 2. The normalized spacial score (nSPS) is 19.6. The monoisotopic (exact) mass is 357 g/mol. The third-order valence-corrected chi connectivity index (χ3v) is 5.30. The molecular formula is C21H24ClNO2. The van der Waals surface area contributed by atoms with Crippen LogP contribution in [-0.4, -0.2) is 29.1 Å². The zero-order valence-corrected chi connectivity index (χ0v) is 15.5. The highest BCUT2D eigenvalue weighted by Gasteiger charge is 2.32. The van der Waals surface area contributed by atoms with E-state index in [2.05, 4.69) is 43.0 Å². The van der Waals surface area contributed by atoms with Gasteiger partial charge in [-0.3, -0.25) is 9.69 Å². The van der Waals surface area contributed by atoms with Crippen molar-refractivity contribution in [2.24, 2.45) is 5.92 Å². The lowest BCUT2D eigenvalue weighted by Crippen LogP contribution is -2.41. The summed E-state index contributed by atoms with van der Waals surface area (Å²) in [6.45, 7) is 5.67. The predicted molar refractivity (Wildman–Crippen MR) is 101 cm³/mol. The van der Waals surface area contributed by atoms with Crippen LogP contribution < -0.4 is 0 Å². The summed E-state index contributed by atoms with van der Waals surface area (Å²) in [4.78, 5) is 13.8. The summed E-state index contributed by atoms with van der Waals surface area (Å²) in [6.07, 6.45) is 1.65. The van der Waals surface area contributed by atoms with Gasteiger partial charge in [0.15, 0.2) is 0 Å². The molecule has 132 valence electrons. The van der Waals surface area contributed by atoms with Gasteiger partial charge < -0.3 is 5.11 Å². The van der Waals surface area contributed by atoms with Crippen molar-refractivity contribution in [1.29, 1.82) is 0 Å². The maximum atomic E-state index is 11.5. The lowest BCUT2D eigenvalue weighted by Gasteiger charge is -2.38. The molecule has 0 aromatic heterocycles. The number of carbonyl (C=O) groups is 1. The van der Waals surface area contributed by atoms with E-state index < -0.39 is 5.97 Å². The van der Waals surface area contributed by atoms with E-state index in [1.54, 1.807) is 0 Å². The standard InChI is InChI=1S/C21H24ClNO2/c1-14-8-9-15(2)19(11-14)20(16-5-3-7-18(22)12-16)23-10-4-6-17(13-23)21(24)25/h3,5,7-9,11-12,17,20H,4,6,10,13H2,1-2H3,(H,24,25). The summed E-state index contributed by atoms with van der Waals surface area (Å²) in [7, 11) is 0. The third-order valence-electron chi connectivity index (χ3n) is 5.06. The molecule has 0 spiro atoms. The van der Waals surface area contributed by atoms with Crippen molar-refractivity contribution < 1.29 is 9.90 Å².